The van der Waals surface area contributed by atoms with Gasteiger partial charge >= 0.3 is 0 Å². The zero-order chi connectivity index (χ0) is 12.6. The van der Waals surface area contributed by atoms with Gasteiger partial charge in [-0.25, -0.2) is 0 Å². The standard InChI is InChI=1S/C12H20N4S/c1-4-9-6-5-7-16(9)12-10(11(13)17)8(2)14-15(12)3/h9H,4-7H2,1-3H3,(H2,13,17). The van der Waals surface area contributed by atoms with Crippen LogP contribution in [0.5, 0.6) is 0 Å². The zero-order valence-corrected chi connectivity index (χ0v) is 11.5. The van der Waals surface area contributed by atoms with Crippen LogP contribution in [-0.4, -0.2) is 27.4 Å². The van der Waals surface area contributed by atoms with Crippen LogP contribution in [0.25, 0.3) is 0 Å². The van der Waals surface area contributed by atoms with Crippen LogP contribution >= 0.6 is 12.2 Å². The quantitative estimate of drug-likeness (QED) is 0.833. The third-order valence-corrected chi connectivity index (χ3v) is 3.76. The Bertz CT molecular complexity index is 438. The number of thiocarbonyl (C=S) groups is 1. The molecule has 1 fully saturated rings. The minimum Gasteiger partial charge on any atom is -0.389 e. The van der Waals surface area contributed by atoms with E-state index in [1.807, 2.05) is 18.7 Å². The van der Waals surface area contributed by atoms with E-state index in [1.54, 1.807) is 0 Å². The first-order valence-corrected chi connectivity index (χ1v) is 6.57. The number of rotatable bonds is 3. The fraction of sp³-hybridized carbons (Fsp3) is 0.667. The van der Waals surface area contributed by atoms with Crippen molar-refractivity contribution in [3.63, 3.8) is 0 Å². The van der Waals surface area contributed by atoms with Crippen molar-refractivity contribution in [2.24, 2.45) is 12.8 Å². The smallest absolute Gasteiger partial charge is 0.137 e. The number of hydrogen-bond donors (Lipinski definition) is 1. The Morgan fingerprint density at radius 1 is 1.59 bits per heavy atom. The average molecular weight is 252 g/mol. The monoisotopic (exact) mass is 252 g/mol. The van der Waals surface area contributed by atoms with Crippen molar-refractivity contribution in [3.05, 3.63) is 11.3 Å². The van der Waals surface area contributed by atoms with Gasteiger partial charge in [-0.1, -0.05) is 19.1 Å². The van der Waals surface area contributed by atoms with E-state index in [-0.39, 0.29) is 0 Å². The molecule has 94 valence electrons. The van der Waals surface area contributed by atoms with Crippen LogP contribution < -0.4 is 10.6 Å². The first kappa shape index (κ1) is 12.4. The van der Waals surface area contributed by atoms with Crippen molar-refractivity contribution in [3.8, 4) is 0 Å². The molecule has 2 heterocycles. The molecule has 1 atom stereocenters. The Morgan fingerprint density at radius 3 is 2.88 bits per heavy atom. The van der Waals surface area contributed by atoms with E-state index in [0.717, 1.165) is 30.0 Å². The van der Waals surface area contributed by atoms with E-state index in [0.29, 0.717) is 11.0 Å². The third-order valence-electron chi connectivity index (χ3n) is 3.56. The summed E-state index contributed by atoms with van der Waals surface area (Å²) in [5, 5.41) is 4.45. The Morgan fingerprint density at radius 2 is 2.29 bits per heavy atom. The molecule has 0 spiro atoms. The SMILES string of the molecule is CCC1CCCN1c1c(C(N)=S)c(C)nn1C. The highest BCUT2D eigenvalue weighted by Gasteiger charge is 2.29. The molecule has 1 aromatic heterocycles. The van der Waals surface area contributed by atoms with Gasteiger partial charge in [-0.15, -0.1) is 0 Å². The molecule has 5 heteroatoms. The molecule has 1 aromatic rings. The molecule has 2 rings (SSSR count). The van der Waals surface area contributed by atoms with Gasteiger partial charge in [0.1, 0.15) is 10.8 Å². The van der Waals surface area contributed by atoms with E-state index in [9.17, 15) is 0 Å². The van der Waals surface area contributed by atoms with Crippen LogP contribution in [-0.2, 0) is 7.05 Å². The van der Waals surface area contributed by atoms with Crippen molar-refractivity contribution < 1.29 is 0 Å². The van der Waals surface area contributed by atoms with E-state index in [1.165, 1.54) is 12.8 Å². The molecule has 0 amide bonds. The van der Waals surface area contributed by atoms with E-state index in [2.05, 4.69) is 16.9 Å². The summed E-state index contributed by atoms with van der Waals surface area (Å²) in [6.45, 7) is 5.27. The molecule has 0 aromatic carbocycles. The van der Waals surface area contributed by atoms with E-state index in [4.69, 9.17) is 18.0 Å². The highest BCUT2D eigenvalue weighted by molar-refractivity contribution is 7.80. The number of anilines is 1. The van der Waals surface area contributed by atoms with Crippen molar-refractivity contribution >= 4 is 23.0 Å². The maximum absolute atomic E-state index is 5.83. The van der Waals surface area contributed by atoms with Gasteiger partial charge in [0.25, 0.3) is 0 Å². The summed E-state index contributed by atoms with van der Waals surface area (Å²) in [4.78, 5) is 2.86. The van der Waals surface area contributed by atoms with Crippen LogP contribution in [0.15, 0.2) is 0 Å². The topological polar surface area (TPSA) is 47.1 Å². The van der Waals surface area contributed by atoms with Gasteiger partial charge in [0.2, 0.25) is 0 Å². The summed E-state index contributed by atoms with van der Waals surface area (Å²) in [5.74, 6) is 1.10. The van der Waals surface area contributed by atoms with Crippen LogP contribution in [0.1, 0.15) is 37.4 Å². The summed E-state index contributed by atoms with van der Waals surface area (Å²) in [5.41, 5.74) is 7.71. The van der Waals surface area contributed by atoms with Gasteiger partial charge in [0.05, 0.1) is 11.3 Å². The van der Waals surface area contributed by atoms with Crippen LogP contribution in [0, 0.1) is 6.92 Å². The number of aryl methyl sites for hydroxylation is 2. The fourth-order valence-corrected chi connectivity index (χ4v) is 3.04. The molecular formula is C12H20N4S. The Hall–Kier alpha value is -1.10. The molecule has 0 radical (unpaired) electrons. The maximum Gasteiger partial charge on any atom is 0.137 e. The molecule has 1 unspecified atom stereocenters. The predicted molar refractivity (Wildman–Crippen MR) is 74.5 cm³/mol. The first-order chi connectivity index (χ1) is 8.06. The average Bonchev–Trinajstić information content (AvgIpc) is 2.81. The van der Waals surface area contributed by atoms with Gasteiger partial charge in [0.15, 0.2) is 0 Å². The highest BCUT2D eigenvalue weighted by atomic mass is 32.1. The summed E-state index contributed by atoms with van der Waals surface area (Å²) in [6.07, 6.45) is 3.64. The third kappa shape index (κ3) is 2.04. The Kier molecular flexibility index (Phi) is 3.38. The minimum absolute atomic E-state index is 0.451. The molecule has 17 heavy (non-hydrogen) atoms. The molecular weight excluding hydrogens is 232 g/mol. The maximum atomic E-state index is 5.83. The van der Waals surface area contributed by atoms with Gasteiger partial charge in [-0.3, -0.25) is 4.68 Å². The van der Waals surface area contributed by atoms with Crippen molar-refractivity contribution in [2.75, 3.05) is 11.4 Å². The van der Waals surface area contributed by atoms with Gasteiger partial charge in [-0.2, -0.15) is 5.10 Å². The molecule has 0 aliphatic carbocycles. The summed E-state index contributed by atoms with van der Waals surface area (Å²) in [7, 11) is 1.97. The lowest BCUT2D eigenvalue weighted by Crippen LogP contribution is -2.32. The highest BCUT2D eigenvalue weighted by Crippen LogP contribution is 2.31. The second-order valence-corrected chi connectivity index (χ2v) is 5.11. The van der Waals surface area contributed by atoms with Crippen LogP contribution in [0.4, 0.5) is 5.82 Å². The molecule has 4 nitrogen and oxygen atoms in total. The predicted octanol–water partition coefficient (Wildman–Crippen LogP) is 1.74. The lowest BCUT2D eigenvalue weighted by molar-refractivity contribution is 0.620. The fourth-order valence-electron chi connectivity index (χ4n) is 2.80. The van der Waals surface area contributed by atoms with Gasteiger partial charge in [-0.05, 0) is 26.2 Å². The minimum atomic E-state index is 0.451. The van der Waals surface area contributed by atoms with Crippen molar-refractivity contribution in [2.45, 2.75) is 39.2 Å². The molecule has 1 saturated heterocycles. The number of hydrogen-bond acceptors (Lipinski definition) is 3. The van der Waals surface area contributed by atoms with E-state index >= 15 is 0 Å². The van der Waals surface area contributed by atoms with Crippen LogP contribution in [0.3, 0.4) is 0 Å². The molecule has 0 bridgehead atoms. The second-order valence-electron chi connectivity index (χ2n) is 4.67. The first-order valence-electron chi connectivity index (χ1n) is 6.16. The van der Waals surface area contributed by atoms with Crippen molar-refractivity contribution in [1.82, 2.24) is 9.78 Å². The largest absolute Gasteiger partial charge is 0.389 e. The number of aromatic nitrogens is 2. The van der Waals surface area contributed by atoms with Crippen LogP contribution in [0.2, 0.25) is 0 Å². The zero-order valence-electron chi connectivity index (χ0n) is 10.7. The van der Waals surface area contributed by atoms with Gasteiger partial charge < -0.3 is 10.6 Å². The Balaban J connectivity index is 2.47. The second kappa shape index (κ2) is 4.64. The number of nitrogens with two attached hydrogens (primary N) is 1. The summed E-state index contributed by atoms with van der Waals surface area (Å²) < 4.78 is 1.91. The number of nitrogens with zero attached hydrogens (tertiary/aromatic N) is 3. The summed E-state index contributed by atoms with van der Waals surface area (Å²) in [6, 6.07) is 0.595. The molecule has 1 aliphatic heterocycles. The lowest BCUT2D eigenvalue weighted by Gasteiger charge is -2.26. The van der Waals surface area contributed by atoms with Gasteiger partial charge in [0, 0.05) is 19.6 Å². The summed E-state index contributed by atoms with van der Waals surface area (Å²) >= 11 is 5.16. The molecule has 1 aliphatic rings. The molecule has 0 saturated carbocycles. The molecule has 2 N–H and O–H groups in total. The van der Waals surface area contributed by atoms with Crippen molar-refractivity contribution in [1.29, 1.82) is 0 Å². The normalized spacial score (nSPS) is 19.9. The Labute approximate surface area is 108 Å². The lowest BCUT2D eigenvalue weighted by atomic mass is 10.1. The van der Waals surface area contributed by atoms with E-state index < -0.39 is 0 Å².